The first-order valence-corrected chi connectivity index (χ1v) is 14.7. The molecule has 0 aromatic rings. The predicted molar refractivity (Wildman–Crippen MR) is 120 cm³/mol. The van der Waals surface area contributed by atoms with E-state index in [1.165, 1.54) is 0 Å². The Bertz CT molecular complexity index is 478. The molecule has 29 heavy (non-hydrogen) atoms. The highest BCUT2D eigenvalue weighted by atomic mass is 28.4. The molecule has 0 aromatic heterocycles. The van der Waals surface area contributed by atoms with Crippen molar-refractivity contribution in [3.8, 4) is 0 Å². The molecule has 2 rings (SSSR count). The quantitative estimate of drug-likeness (QED) is 0.307. The van der Waals surface area contributed by atoms with Gasteiger partial charge in [0.2, 0.25) is 0 Å². The van der Waals surface area contributed by atoms with Crippen LogP contribution in [0.4, 0.5) is 0 Å². The van der Waals surface area contributed by atoms with E-state index in [0.29, 0.717) is 19.1 Å². The summed E-state index contributed by atoms with van der Waals surface area (Å²) in [7, 11) is -1.81. The summed E-state index contributed by atoms with van der Waals surface area (Å²) >= 11 is 0. The molecule has 0 spiro atoms. The molecule has 6 heteroatoms. The van der Waals surface area contributed by atoms with Crippen molar-refractivity contribution >= 4 is 8.32 Å². The lowest BCUT2D eigenvalue weighted by Gasteiger charge is -2.45. The van der Waals surface area contributed by atoms with Crippen molar-refractivity contribution in [2.75, 3.05) is 13.2 Å². The van der Waals surface area contributed by atoms with Gasteiger partial charge in [-0.2, -0.15) is 0 Å². The molecule has 0 aromatic carbocycles. The Morgan fingerprint density at radius 3 is 2.48 bits per heavy atom. The number of aliphatic hydroxyl groups is 1. The maximum absolute atomic E-state index is 10.7. The Morgan fingerprint density at radius 1 is 1.10 bits per heavy atom. The minimum absolute atomic E-state index is 0.0948. The van der Waals surface area contributed by atoms with E-state index in [0.717, 1.165) is 44.9 Å². The average molecular weight is 431 g/mol. The summed E-state index contributed by atoms with van der Waals surface area (Å²) in [4.78, 5) is 0. The average Bonchev–Trinajstić information content (AvgIpc) is 2.78. The van der Waals surface area contributed by atoms with E-state index in [1.807, 2.05) is 13.8 Å². The topological polar surface area (TPSA) is 57.2 Å². The molecule has 0 radical (unpaired) electrons. The third-order valence-electron chi connectivity index (χ3n) is 7.15. The normalized spacial score (nSPS) is 32.5. The zero-order valence-electron chi connectivity index (χ0n) is 19.9. The van der Waals surface area contributed by atoms with Crippen LogP contribution in [0.3, 0.4) is 0 Å². The van der Waals surface area contributed by atoms with E-state index in [4.69, 9.17) is 18.6 Å². The Hall–Kier alpha value is 0.0169. The number of aliphatic hydroxyl groups excluding tert-OH is 1. The Kier molecular flexibility index (Phi) is 9.63. The van der Waals surface area contributed by atoms with Crippen molar-refractivity contribution in [3.63, 3.8) is 0 Å². The fourth-order valence-corrected chi connectivity index (χ4v) is 5.77. The largest absolute Gasteiger partial charge is 0.414 e. The van der Waals surface area contributed by atoms with Gasteiger partial charge in [0.15, 0.2) is 14.6 Å². The van der Waals surface area contributed by atoms with Crippen molar-refractivity contribution < 1.29 is 23.7 Å². The zero-order valence-corrected chi connectivity index (χ0v) is 20.9. The minimum Gasteiger partial charge on any atom is -0.414 e. The molecule has 6 atom stereocenters. The number of rotatable bonds is 9. The van der Waals surface area contributed by atoms with E-state index >= 15 is 0 Å². The van der Waals surface area contributed by atoms with Gasteiger partial charge in [-0.05, 0) is 76.9 Å². The lowest BCUT2D eigenvalue weighted by Crippen LogP contribution is -2.49. The molecule has 1 heterocycles. The van der Waals surface area contributed by atoms with Crippen LogP contribution < -0.4 is 0 Å². The molecule has 0 amide bonds. The van der Waals surface area contributed by atoms with E-state index in [9.17, 15) is 5.11 Å². The SMILES string of the molecule is CCOC(C)OCCC[C@H]1O[C@H]2CCC[C@@H](O[Si](C)(C)C(C)(C)C)[C@@H]2CC[C@@H]1O. The Labute approximate surface area is 180 Å². The molecule has 1 unspecified atom stereocenters. The molecule has 1 N–H and O–H groups in total. The maximum atomic E-state index is 10.7. The first-order chi connectivity index (χ1) is 13.5. The van der Waals surface area contributed by atoms with Crippen LogP contribution in [0.5, 0.6) is 0 Å². The Balaban J connectivity index is 1.91. The van der Waals surface area contributed by atoms with Gasteiger partial charge in [-0.15, -0.1) is 0 Å². The van der Waals surface area contributed by atoms with E-state index in [2.05, 4.69) is 33.9 Å². The molecular formula is C23H46O5Si. The minimum atomic E-state index is -1.81. The van der Waals surface area contributed by atoms with Gasteiger partial charge >= 0.3 is 0 Å². The maximum Gasteiger partial charge on any atom is 0.192 e. The lowest BCUT2D eigenvalue weighted by atomic mass is 9.81. The monoisotopic (exact) mass is 430 g/mol. The first kappa shape index (κ1) is 25.3. The van der Waals surface area contributed by atoms with Crippen LogP contribution in [-0.2, 0) is 18.6 Å². The first-order valence-electron chi connectivity index (χ1n) is 11.8. The standard InChI is InChI=1S/C23H46O5Si/c1-8-25-17(2)26-16-10-13-22-19(24)15-14-18-20(27-22)11-9-12-21(18)28-29(6,7)23(3,4)5/h17-22,24H,8-16H2,1-7H3/t17?,18-,19+,20+,21-,22-/m1/s1. The van der Waals surface area contributed by atoms with Crippen LogP contribution in [0.1, 0.15) is 79.6 Å². The van der Waals surface area contributed by atoms with Gasteiger partial charge in [-0.25, -0.2) is 0 Å². The molecule has 1 aliphatic heterocycles. The lowest BCUT2D eigenvalue weighted by molar-refractivity contribution is -0.134. The highest BCUT2D eigenvalue weighted by molar-refractivity contribution is 6.74. The number of hydrogen-bond acceptors (Lipinski definition) is 5. The van der Waals surface area contributed by atoms with E-state index in [-0.39, 0.29) is 29.6 Å². The molecule has 2 aliphatic rings. The molecule has 1 saturated carbocycles. The molecule has 172 valence electrons. The van der Waals surface area contributed by atoms with Gasteiger partial charge in [0, 0.05) is 19.1 Å². The van der Waals surface area contributed by atoms with Crippen LogP contribution >= 0.6 is 0 Å². The molecule has 2 fully saturated rings. The second kappa shape index (κ2) is 11.1. The van der Waals surface area contributed by atoms with Gasteiger partial charge in [0.25, 0.3) is 0 Å². The molecular weight excluding hydrogens is 384 g/mol. The van der Waals surface area contributed by atoms with Gasteiger partial charge in [0.05, 0.1) is 24.4 Å². The fraction of sp³-hybridized carbons (Fsp3) is 1.00. The number of hydrogen-bond donors (Lipinski definition) is 1. The fourth-order valence-electron chi connectivity index (χ4n) is 4.37. The van der Waals surface area contributed by atoms with Crippen LogP contribution in [0.2, 0.25) is 18.1 Å². The van der Waals surface area contributed by atoms with Crippen LogP contribution in [0.25, 0.3) is 0 Å². The molecule has 0 bridgehead atoms. The second-order valence-corrected chi connectivity index (χ2v) is 15.2. The number of fused-ring (bicyclic) bond motifs is 1. The van der Waals surface area contributed by atoms with Gasteiger partial charge < -0.3 is 23.7 Å². The van der Waals surface area contributed by atoms with E-state index in [1.54, 1.807) is 0 Å². The van der Waals surface area contributed by atoms with Crippen LogP contribution in [0, 0.1) is 5.92 Å². The van der Waals surface area contributed by atoms with Crippen molar-refractivity contribution in [2.24, 2.45) is 5.92 Å². The Morgan fingerprint density at radius 2 is 1.83 bits per heavy atom. The smallest absolute Gasteiger partial charge is 0.192 e. The number of ether oxygens (including phenoxy) is 3. The highest BCUT2D eigenvalue weighted by Gasteiger charge is 2.45. The third-order valence-corrected chi connectivity index (χ3v) is 11.7. The van der Waals surface area contributed by atoms with Crippen molar-refractivity contribution in [2.45, 2.75) is 128 Å². The summed E-state index contributed by atoms with van der Waals surface area (Å²) < 4.78 is 24.4. The second-order valence-electron chi connectivity index (χ2n) is 10.4. The predicted octanol–water partition coefficient (Wildman–Crippen LogP) is 5.26. The zero-order chi connectivity index (χ0) is 21.7. The summed E-state index contributed by atoms with van der Waals surface area (Å²) in [5.41, 5.74) is 0. The van der Waals surface area contributed by atoms with Crippen LogP contribution in [-0.4, -0.2) is 57.3 Å². The summed E-state index contributed by atoms with van der Waals surface area (Å²) in [6.45, 7) is 16.8. The summed E-state index contributed by atoms with van der Waals surface area (Å²) in [5.74, 6) is 0.409. The summed E-state index contributed by atoms with van der Waals surface area (Å²) in [5, 5.41) is 10.9. The molecule has 1 aliphatic carbocycles. The van der Waals surface area contributed by atoms with Gasteiger partial charge in [-0.1, -0.05) is 20.8 Å². The van der Waals surface area contributed by atoms with Crippen molar-refractivity contribution in [1.82, 2.24) is 0 Å². The molecule has 5 nitrogen and oxygen atoms in total. The van der Waals surface area contributed by atoms with Gasteiger partial charge in [-0.3, -0.25) is 0 Å². The third kappa shape index (κ3) is 7.29. The van der Waals surface area contributed by atoms with Crippen molar-refractivity contribution in [3.05, 3.63) is 0 Å². The van der Waals surface area contributed by atoms with Crippen molar-refractivity contribution in [1.29, 1.82) is 0 Å². The van der Waals surface area contributed by atoms with Crippen LogP contribution in [0.15, 0.2) is 0 Å². The summed E-state index contributed by atoms with van der Waals surface area (Å²) in [6, 6.07) is 0. The van der Waals surface area contributed by atoms with E-state index < -0.39 is 14.4 Å². The summed E-state index contributed by atoms with van der Waals surface area (Å²) in [6.07, 6.45) is 6.70. The molecule has 1 saturated heterocycles. The van der Waals surface area contributed by atoms with Gasteiger partial charge in [0.1, 0.15) is 0 Å². The highest BCUT2D eigenvalue weighted by Crippen LogP contribution is 2.43.